The molecule has 1 heterocycles. The normalized spacial score (nSPS) is 23.6. The quantitative estimate of drug-likeness (QED) is 0.668. The molecule has 6 heteroatoms. The van der Waals surface area contributed by atoms with Crippen molar-refractivity contribution in [2.45, 2.75) is 26.3 Å². The van der Waals surface area contributed by atoms with Gasteiger partial charge in [-0.15, -0.1) is 0 Å². The summed E-state index contributed by atoms with van der Waals surface area (Å²) in [5.74, 6) is 0. The Hall–Kier alpha value is -0.240. The lowest BCUT2D eigenvalue weighted by atomic mass is 10.1. The van der Waals surface area contributed by atoms with E-state index < -0.39 is 0 Å². The van der Waals surface area contributed by atoms with Crippen molar-refractivity contribution in [1.29, 1.82) is 0 Å². The topological polar surface area (TPSA) is 49.4 Å². The molecule has 1 aliphatic heterocycles. The molecular formula is C16H33NO5. The summed E-state index contributed by atoms with van der Waals surface area (Å²) >= 11 is 0. The molecule has 1 saturated heterocycles. The zero-order chi connectivity index (χ0) is 16.1. The Bertz CT molecular complexity index is 239. The number of ether oxygens (including phenoxy) is 5. The van der Waals surface area contributed by atoms with E-state index in [4.69, 9.17) is 23.7 Å². The van der Waals surface area contributed by atoms with Crippen LogP contribution in [-0.4, -0.2) is 89.6 Å². The Kier molecular flexibility index (Phi) is 11.0. The van der Waals surface area contributed by atoms with Crippen LogP contribution < -0.4 is 0 Å². The van der Waals surface area contributed by atoms with Gasteiger partial charge in [-0.05, 0) is 20.8 Å². The Labute approximate surface area is 135 Å². The molecule has 0 aromatic rings. The molecule has 0 unspecified atom stereocenters. The van der Waals surface area contributed by atoms with Crippen molar-refractivity contribution in [3.8, 4) is 0 Å². The predicted molar refractivity (Wildman–Crippen MR) is 85.4 cm³/mol. The second-order valence-corrected chi connectivity index (χ2v) is 6.22. The fourth-order valence-electron chi connectivity index (χ4n) is 2.11. The Morgan fingerprint density at radius 2 is 0.773 bits per heavy atom. The molecule has 0 N–H and O–H groups in total. The first kappa shape index (κ1) is 19.8. The number of nitrogens with zero attached hydrogens (tertiary/aromatic N) is 1. The molecule has 22 heavy (non-hydrogen) atoms. The lowest BCUT2D eigenvalue weighted by Gasteiger charge is -2.35. The van der Waals surface area contributed by atoms with Crippen molar-refractivity contribution in [2.24, 2.45) is 0 Å². The van der Waals surface area contributed by atoms with Gasteiger partial charge in [-0.2, -0.15) is 0 Å². The number of rotatable bonds is 0. The van der Waals surface area contributed by atoms with Crippen LogP contribution in [0.15, 0.2) is 0 Å². The molecule has 0 saturated carbocycles. The first-order chi connectivity index (χ1) is 10.6. The second kappa shape index (κ2) is 12.2. The van der Waals surface area contributed by atoms with Gasteiger partial charge in [0.15, 0.2) is 0 Å². The van der Waals surface area contributed by atoms with Gasteiger partial charge in [0.2, 0.25) is 0 Å². The van der Waals surface area contributed by atoms with Crippen LogP contribution in [0, 0.1) is 0 Å². The monoisotopic (exact) mass is 319 g/mol. The highest BCUT2D eigenvalue weighted by molar-refractivity contribution is 4.75. The van der Waals surface area contributed by atoms with Crippen molar-refractivity contribution in [1.82, 2.24) is 4.90 Å². The lowest BCUT2D eigenvalue weighted by molar-refractivity contribution is -0.0248. The summed E-state index contributed by atoms with van der Waals surface area (Å²) in [5.41, 5.74) is 0.109. The number of hydrogen-bond donors (Lipinski definition) is 0. The summed E-state index contributed by atoms with van der Waals surface area (Å²) in [6.45, 7) is 14.7. The van der Waals surface area contributed by atoms with Crippen LogP contribution in [0.4, 0.5) is 0 Å². The van der Waals surface area contributed by atoms with Crippen molar-refractivity contribution >= 4 is 0 Å². The standard InChI is InChI=1S/C16H33NO5/c1-16(2,3)17-4-6-18-8-10-20-12-14-22-15-13-21-11-9-19-7-5-17/h4-15H2,1-3H3. The Morgan fingerprint density at radius 3 is 1.05 bits per heavy atom. The Morgan fingerprint density at radius 1 is 0.500 bits per heavy atom. The van der Waals surface area contributed by atoms with Crippen molar-refractivity contribution in [3.05, 3.63) is 0 Å². The van der Waals surface area contributed by atoms with Gasteiger partial charge in [0.25, 0.3) is 0 Å². The van der Waals surface area contributed by atoms with Crippen LogP contribution in [-0.2, 0) is 23.7 Å². The molecule has 0 radical (unpaired) electrons. The average molecular weight is 319 g/mol. The van der Waals surface area contributed by atoms with E-state index in [-0.39, 0.29) is 5.54 Å². The van der Waals surface area contributed by atoms with Gasteiger partial charge in [0.05, 0.1) is 66.1 Å². The van der Waals surface area contributed by atoms with Gasteiger partial charge < -0.3 is 23.7 Å². The van der Waals surface area contributed by atoms with Gasteiger partial charge in [-0.25, -0.2) is 0 Å². The minimum atomic E-state index is 0.109. The molecule has 1 rings (SSSR count). The highest BCUT2D eigenvalue weighted by atomic mass is 16.6. The van der Waals surface area contributed by atoms with Gasteiger partial charge in [-0.1, -0.05) is 0 Å². The third-order valence-corrected chi connectivity index (χ3v) is 3.45. The molecule has 0 aliphatic carbocycles. The van der Waals surface area contributed by atoms with Gasteiger partial charge in [0.1, 0.15) is 0 Å². The minimum absolute atomic E-state index is 0.109. The summed E-state index contributed by atoms with van der Waals surface area (Å²) in [4.78, 5) is 2.38. The molecule has 6 nitrogen and oxygen atoms in total. The molecule has 1 aliphatic rings. The van der Waals surface area contributed by atoms with E-state index in [1.165, 1.54) is 0 Å². The van der Waals surface area contributed by atoms with Gasteiger partial charge >= 0.3 is 0 Å². The SMILES string of the molecule is CC(C)(C)N1CCOCCOCCOCCOCCOCC1. The summed E-state index contributed by atoms with van der Waals surface area (Å²) in [7, 11) is 0. The molecule has 0 spiro atoms. The lowest BCUT2D eigenvalue weighted by Crippen LogP contribution is -2.45. The minimum Gasteiger partial charge on any atom is -0.378 e. The van der Waals surface area contributed by atoms with Crippen LogP contribution >= 0.6 is 0 Å². The molecule has 0 bridgehead atoms. The average Bonchev–Trinajstić information content (AvgIpc) is 2.46. The Balaban J connectivity index is 2.30. The van der Waals surface area contributed by atoms with E-state index in [1.54, 1.807) is 0 Å². The molecular weight excluding hydrogens is 286 g/mol. The number of hydrogen-bond acceptors (Lipinski definition) is 6. The summed E-state index contributed by atoms with van der Waals surface area (Å²) < 4.78 is 27.6. The first-order valence-corrected chi connectivity index (χ1v) is 8.24. The van der Waals surface area contributed by atoms with E-state index in [1.807, 2.05) is 0 Å². The molecule has 0 amide bonds. The highest BCUT2D eigenvalue weighted by Gasteiger charge is 2.20. The summed E-state index contributed by atoms with van der Waals surface area (Å²) in [6.07, 6.45) is 0. The molecule has 0 aromatic carbocycles. The highest BCUT2D eigenvalue weighted by Crippen LogP contribution is 2.12. The molecule has 0 atom stereocenters. The van der Waals surface area contributed by atoms with E-state index in [0.717, 1.165) is 13.1 Å². The fraction of sp³-hybridized carbons (Fsp3) is 1.00. The second-order valence-electron chi connectivity index (χ2n) is 6.22. The zero-order valence-electron chi connectivity index (χ0n) is 14.5. The van der Waals surface area contributed by atoms with Crippen molar-refractivity contribution < 1.29 is 23.7 Å². The van der Waals surface area contributed by atoms with E-state index in [2.05, 4.69) is 25.7 Å². The van der Waals surface area contributed by atoms with E-state index in [0.29, 0.717) is 66.1 Å². The van der Waals surface area contributed by atoms with Gasteiger partial charge in [-0.3, -0.25) is 4.90 Å². The van der Waals surface area contributed by atoms with E-state index >= 15 is 0 Å². The smallest absolute Gasteiger partial charge is 0.0701 e. The maximum atomic E-state index is 5.64. The van der Waals surface area contributed by atoms with Crippen LogP contribution in [0.25, 0.3) is 0 Å². The molecule has 132 valence electrons. The third kappa shape index (κ3) is 10.5. The molecule has 1 fully saturated rings. The zero-order valence-corrected chi connectivity index (χ0v) is 14.5. The maximum absolute atomic E-state index is 5.64. The predicted octanol–water partition coefficient (Wildman–Crippen LogP) is 1.18. The van der Waals surface area contributed by atoms with Crippen LogP contribution in [0.5, 0.6) is 0 Å². The molecule has 0 aromatic heterocycles. The third-order valence-electron chi connectivity index (χ3n) is 3.45. The van der Waals surface area contributed by atoms with Gasteiger partial charge in [0, 0.05) is 18.6 Å². The summed E-state index contributed by atoms with van der Waals surface area (Å²) in [5, 5.41) is 0. The van der Waals surface area contributed by atoms with E-state index in [9.17, 15) is 0 Å². The van der Waals surface area contributed by atoms with Crippen LogP contribution in [0.1, 0.15) is 20.8 Å². The summed E-state index contributed by atoms with van der Waals surface area (Å²) in [6, 6.07) is 0. The van der Waals surface area contributed by atoms with Crippen LogP contribution in [0.2, 0.25) is 0 Å². The van der Waals surface area contributed by atoms with Crippen molar-refractivity contribution in [3.63, 3.8) is 0 Å². The first-order valence-electron chi connectivity index (χ1n) is 8.24. The largest absolute Gasteiger partial charge is 0.378 e. The fourth-order valence-corrected chi connectivity index (χ4v) is 2.11. The maximum Gasteiger partial charge on any atom is 0.0701 e. The van der Waals surface area contributed by atoms with Crippen LogP contribution in [0.3, 0.4) is 0 Å². The van der Waals surface area contributed by atoms with Crippen molar-refractivity contribution in [2.75, 3.05) is 79.2 Å².